The van der Waals surface area contributed by atoms with Crippen molar-refractivity contribution in [2.75, 3.05) is 7.11 Å². The van der Waals surface area contributed by atoms with Crippen LogP contribution in [-0.4, -0.2) is 23.3 Å². The van der Waals surface area contributed by atoms with Gasteiger partial charge in [0.05, 0.1) is 18.2 Å². The number of carbonyl (C=O) groups excluding carboxylic acids is 1. The molecule has 5 nitrogen and oxygen atoms in total. The maximum Gasteiger partial charge on any atom is 0.416 e. The van der Waals surface area contributed by atoms with Crippen LogP contribution in [0.5, 0.6) is 11.6 Å². The Kier molecular flexibility index (Phi) is 4.26. The van der Waals surface area contributed by atoms with Gasteiger partial charge < -0.3 is 9.47 Å². The fourth-order valence-electron chi connectivity index (χ4n) is 2.26. The maximum atomic E-state index is 12.8. The van der Waals surface area contributed by atoms with Gasteiger partial charge in [-0.25, -0.2) is 4.79 Å². The molecule has 128 valence electrons. The molecule has 25 heavy (non-hydrogen) atoms. The fourth-order valence-corrected chi connectivity index (χ4v) is 2.26. The number of ether oxygens (including phenoxy) is 2. The summed E-state index contributed by atoms with van der Waals surface area (Å²) >= 11 is 0. The summed E-state index contributed by atoms with van der Waals surface area (Å²) in [7, 11) is 1.19. The second-order valence-corrected chi connectivity index (χ2v) is 5.02. The Balaban J connectivity index is 2.09. The summed E-state index contributed by atoms with van der Waals surface area (Å²) in [5.74, 6) is -1.08. The Morgan fingerprint density at radius 1 is 1.04 bits per heavy atom. The minimum atomic E-state index is -4.51. The second-order valence-electron chi connectivity index (χ2n) is 5.02. The molecule has 0 saturated heterocycles. The van der Waals surface area contributed by atoms with E-state index < -0.39 is 17.7 Å². The van der Waals surface area contributed by atoms with E-state index in [-0.39, 0.29) is 17.2 Å². The Hall–Kier alpha value is -3.16. The van der Waals surface area contributed by atoms with Crippen LogP contribution < -0.4 is 4.74 Å². The quantitative estimate of drug-likeness (QED) is 0.663. The Labute approximate surface area is 140 Å². The number of carbonyl (C=O) groups is 1. The number of alkyl halides is 3. The summed E-state index contributed by atoms with van der Waals surface area (Å²) in [6.45, 7) is 0. The SMILES string of the molecule is COC(=O)c1c(Oc2cccc(C(F)(F)F)c2)nnc2ccccc12. The highest BCUT2D eigenvalue weighted by Gasteiger charge is 2.31. The van der Waals surface area contributed by atoms with E-state index in [0.29, 0.717) is 10.9 Å². The lowest BCUT2D eigenvalue weighted by atomic mass is 10.1. The van der Waals surface area contributed by atoms with E-state index in [2.05, 4.69) is 10.2 Å². The average Bonchev–Trinajstić information content (AvgIpc) is 2.60. The van der Waals surface area contributed by atoms with Gasteiger partial charge in [0.1, 0.15) is 11.3 Å². The number of halogens is 3. The van der Waals surface area contributed by atoms with Crippen LogP contribution in [0.3, 0.4) is 0 Å². The number of aromatic nitrogens is 2. The molecule has 3 aromatic rings. The lowest BCUT2D eigenvalue weighted by molar-refractivity contribution is -0.137. The molecule has 0 fully saturated rings. The minimum Gasteiger partial charge on any atom is -0.465 e. The zero-order chi connectivity index (χ0) is 18.0. The molecule has 0 saturated carbocycles. The summed E-state index contributed by atoms with van der Waals surface area (Å²) in [4.78, 5) is 12.1. The van der Waals surface area contributed by atoms with Crippen LogP contribution in [0.25, 0.3) is 10.9 Å². The van der Waals surface area contributed by atoms with Crippen molar-refractivity contribution in [3.8, 4) is 11.6 Å². The zero-order valence-corrected chi connectivity index (χ0v) is 12.9. The number of nitrogens with zero attached hydrogens (tertiary/aromatic N) is 2. The monoisotopic (exact) mass is 348 g/mol. The third kappa shape index (κ3) is 3.37. The van der Waals surface area contributed by atoms with E-state index in [1.165, 1.54) is 19.2 Å². The molecule has 0 aliphatic carbocycles. The van der Waals surface area contributed by atoms with Gasteiger partial charge in [0.15, 0.2) is 0 Å². The highest BCUT2D eigenvalue weighted by atomic mass is 19.4. The first-order valence-electron chi connectivity index (χ1n) is 7.09. The summed E-state index contributed by atoms with van der Waals surface area (Å²) in [5.41, 5.74) is -0.455. The van der Waals surface area contributed by atoms with Crippen molar-refractivity contribution in [1.82, 2.24) is 10.2 Å². The standard InChI is InChI=1S/C17H11F3N2O3/c1-24-16(23)14-12-7-2-3-8-13(12)21-22-15(14)25-11-6-4-5-10(9-11)17(18,19)20/h2-9H,1H3. The van der Waals surface area contributed by atoms with Crippen LogP contribution in [0.1, 0.15) is 15.9 Å². The highest BCUT2D eigenvalue weighted by Crippen LogP contribution is 2.34. The molecule has 0 spiro atoms. The Morgan fingerprint density at radius 2 is 1.80 bits per heavy atom. The van der Waals surface area contributed by atoms with Crippen LogP contribution in [0.4, 0.5) is 13.2 Å². The van der Waals surface area contributed by atoms with Gasteiger partial charge in [0.2, 0.25) is 0 Å². The van der Waals surface area contributed by atoms with Gasteiger partial charge >= 0.3 is 12.1 Å². The molecule has 0 radical (unpaired) electrons. The number of benzene rings is 2. The molecule has 2 aromatic carbocycles. The first-order chi connectivity index (χ1) is 11.9. The number of esters is 1. The molecular weight excluding hydrogens is 337 g/mol. The Morgan fingerprint density at radius 3 is 2.52 bits per heavy atom. The number of rotatable bonds is 3. The highest BCUT2D eigenvalue weighted by molar-refractivity contribution is 6.05. The van der Waals surface area contributed by atoms with Gasteiger partial charge in [-0.15, -0.1) is 10.2 Å². The van der Waals surface area contributed by atoms with E-state index in [0.717, 1.165) is 12.1 Å². The lowest BCUT2D eigenvalue weighted by Gasteiger charge is -2.12. The molecule has 1 aromatic heterocycles. The van der Waals surface area contributed by atoms with Crippen molar-refractivity contribution in [3.05, 3.63) is 59.7 Å². The average molecular weight is 348 g/mol. The van der Waals surface area contributed by atoms with Crippen molar-refractivity contribution in [2.45, 2.75) is 6.18 Å². The van der Waals surface area contributed by atoms with Gasteiger partial charge in [-0.05, 0) is 24.3 Å². The lowest BCUT2D eigenvalue weighted by Crippen LogP contribution is -2.08. The molecule has 0 aliphatic heterocycles. The molecule has 1 heterocycles. The maximum absolute atomic E-state index is 12.8. The topological polar surface area (TPSA) is 61.3 Å². The van der Waals surface area contributed by atoms with Crippen LogP contribution in [0, 0.1) is 0 Å². The predicted molar refractivity (Wildman–Crippen MR) is 82.4 cm³/mol. The number of fused-ring (bicyclic) bond motifs is 1. The summed E-state index contributed by atoms with van der Waals surface area (Å²) < 4.78 is 48.6. The molecule has 0 unspecified atom stereocenters. The normalized spacial score (nSPS) is 11.4. The van der Waals surface area contributed by atoms with Gasteiger partial charge in [-0.2, -0.15) is 13.2 Å². The third-order valence-electron chi connectivity index (χ3n) is 3.40. The van der Waals surface area contributed by atoms with Gasteiger partial charge in [-0.3, -0.25) is 0 Å². The zero-order valence-electron chi connectivity index (χ0n) is 12.9. The van der Waals surface area contributed by atoms with E-state index in [1.807, 2.05) is 0 Å². The van der Waals surface area contributed by atoms with Crippen molar-refractivity contribution < 1.29 is 27.4 Å². The van der Waals surface area contributed by atoms with E-state index in [4.69, 9.17) is 9.47 Å². The third-order valence-corrected chi connectivity index (χ3v) is 3.40. The molecule has 0 N–H and O–H groups in total. The van der Waals surface area contributed by atoms with E-state index in [1.54, 1.807) is 24.3 Å². The largest absolute Gasteiger partial charge is 0.465 e. The molecule has 0 bridgehead atoms. The number of hydrogen-bond acceptors (Lipinski definition) is 5. The minimum absolute atomic E-state index is 0.00879. The van der Waals surface area contributed by atoms with Crippen molar-refractivity contribution in [3.63, 3.8) is 0 Å². The van der Waals surface area contributed by atoms with E-state index in [9.17, 15) is 18.0 Å². The second kappa shape index (κ2) is 6.39. The van der Waals surface area contributed by atoms with Gasteiger partial charge in [0, 0.05) is 5.39 Å². The summed E-state index contributed by atoms with van der Waals surface area (Å²) in [5, 5.41) is 8.15. The van der Waals surface area contributed by atoms with E-state index >= 15 is 0 Å². The van der Waals surface area contributed by atoms with Crippen LogP contribution in [-0.2, 0) is 10.9 Å². The van der Waals surface area contributed by atoms with Crippen molar-refractivity contribution in [2.24, 2.45) is 0 Å². The molecule has 0 aliphatic rings. The van der Waals surface area contributed by atoms with Crippen LogP contribution >= 0.6 is 0 Å². The van der Waals surface area contributed by atoms with Gasteiger partial charge in [-0.1, -0.05) is 24.3 Å². The summed E-state index contributed by atoms with van der Waals surface area (Å²) in [6.07, 6.45) is -4.51. The summed E-state index contributed by atoms with van der Waals surface area (Å²) in [6, 6.07) is 10.9. The first-order valence-corrected chi connectivity index (χ1v) is 7.09. The predicted octanol–water partition coefficient (Wildman–Crippen LogP) is 4.23. The first kappa shape index (κ1) is 16.7. The molecule has 8 heteroatoms. The fraction of sp³-hybridized carbons (Fsp3) is 0.118. The van der Waals surface area contributed by atoms with Crippen molar-refractivity contribution >= 4 is 16.9 Å². The Bertz CT molecular complexity index is 942. The number of hydrogen-bond donors (Lipinski definition) is 0. The van der Waals surface area contributed by atoms with Gasteiger partial charge in [0.25, 0.3) is 5.88 Å². The van der Waals surface area contributed by atoms with Crippen LogP contribution in [0.2, 0.25) is 0 Å². The van der Waals surface area contributed by atoms with Crippen LogP contribution in [0.15, 0.2) is 48.5 Å². The molecule has 3 rings (SSSR count). The smallest absolute Gasteiger partial charge is 0.416 e. The number of methoxy groups -OCH3 is 1. The molecule has 0 atom stereocenters. The molecule has 0 amide bonds. The van der Waals surface area contributed by atoms with Crippen molar-refractivity contribution in [1.29, 1.82) is 0 Å². The molecular formula is C17H11F3N2O3.